The Morgan fingerprint density at radius 1 is 1.33 bits per heavy atom. The highest BCUT2D eigenvalue weighted by Crippen LogP contribution is 2.35. The summed E-state index contributed by atoms with van der Waals surface area (Å²) in [5, 5.41) is 14.7. The predicted molar refractivity (Wildman–Crippen MR) is 75.4 cm³/mol. The van der Waals surface area contributed by atoms with Gasteiger partial charge in [0.2, 0.25) is 0 Å². The van der Waals surface area contributed by atoms with Crippen LogP contribution in [0.25, 0.3) is 0 Å². The van der Waals surface area contributed by atoms with Crippen LogP contribution in [0.1, 0.15) is 45.1 Å². The highest BCUT2D eigenvalue weighted by molar-refractivity contribution is 5.24. The van der Waals surface area contributed by atoms with E-state index in [1.54, 1.807) is 0 Å². The van der Waals surface area contributed by atoms with Crippen molar-refractivity contribution in [3.8, 4) is 0 Å². The summed E-state index contributed by atoms with van der Waals surface area (Å²) in [5.41, 5.74) is 0.337. The third kappa shape index (κ3) is 2.76. The van der Waals surface area contributed by atoms with Crippen molar-refractivity contribution in [2.45, 2.75) is 51.2 Å². The van der Waals surface area contributed by atoms with Gasteiger partial charge < -0.3 is 10.4 Å². The first-order valence-corrected chi connectivity index (χ1v) is 7.18. The maximum atomic E-state index is 11.2. The average Bonchev–Trinajstić information content (AvgIpc) is 2.40. The number of piperidine rings is 1. The van der Waals surface area contributed by atoms with Gasteiger partial charge in [-0.2, -0.15) is 0 Å². The molecule has 1 saturated heterocycles. The van der Waals surface area contributed by atoms with Gasteiger partial charge in [-0.25, -0.2) is 0 Å². The molecule has 0 saturated carbocycles. The van der Waals surface area contributed by atoms with Crippen molar-refractivity contribution < 1.29 is 5.11 Å². The minimum atomic E-state index is -0.718. The maximum Gasteiger partial charge on any atom is 0.105 e. The van der Waals surface area contributed by atoms with Crippen LogP contribution in [0.4, 0.5) is 0 Å². The number of hydrogen-bond acceptors (Lipinski definition) is 2. The Hall–Kier alpha value is -0.860. The van der Waals surface area contributed by atoms with E-state index in [1.165, 1.54) is 6.42 Å². The van der Waals surface area contributed by atoms with E-state index >= 15 is 0 Å². The Kier molecular flexibility index (Phi) is 4.41. The molecule has 1 heterocycles. The molecule has 3 unspecified atom stereocenters. The van der Waals surface area contributed by atoms with Gasteiger partial charge in [-0.3, -0.25) is 0 Å². The standard InChI is InChI=1S/C16H25NO/c1-3-10-16(18,14-7-5-4-6-8-14)15-12-13(2)9-11-17-15/h4-8,13,15,17-18H,3,9-12H2,1-2H3. The van der Waals surface area contributed by atoms with Crippen LogP contribution in [-0.4, -0.2) is 17.7 Å². The molecule has 0 amide bonds. The minimum absolute atomic E-state index is 0.184. The molecule has 100 valence electrons. The number of hydrogen-bond donors (Lipinski definition) is 2. The third-order valence-corrected chi connectivity index (χ3v) is 4.15. The molecule has 1 fully saturated rings. The second-order valence-electron chi connectivity index (χ2n) is 5.68. The average molecular weight is 247 g/mol. The fourth-order valence-corrected chi connectivity index (χ4v) is 3.10. The fraction of sp³-hybridized carbons (Fsp3) is 0.625. The van der Waals surface area contributed by atoms with Crippen LogP contribution in [0.15, 0.2) is 30.3 Å². The van der Waals surface area contributed by atoms with E-state index in [9.17, 15) is 5.11 Å². The Balaban J connectivity index is 2.25. The molecule has 1 aromatic carbocycles. The number of benzene rings is 1. The van der Waals surface area contributed by atoms with E-state index in [0.717, 1.165) is 31.4 Å². The molecule has 3 atom stereocenters. The van der Waals surface area contributed by atoms with Crippen molar-refractivity contribution in [3.63, 3.8) is 0 Å². The van der Waals surface area contributed by atoms with Crippen LogP contribution in [0.3, 0.4) is 0 Å². The molecule has 0 radical (unpaired) electrons. The number of rotatable bonds is 4. The Labute approximate surface area is 110 Å². The summed E-state index contributed by atoms with van der Waals surface area (Å²) in [7, 11) is 0. The second kappa shape index (κ2) is 5.85. The van der Waals surface area contributed by atoms with Crippen molar-refractivity contribution in [1.29, 1.82) is 0 Å². The maximum absolute atomic E-state index is 11.2. The molecular weight excluding hydrogens is 222 g/mol. The summed E-state index contributed by atoms with van der Waals surface area (Å²) in [5.74, 6) is 0.698. The second-order valence-corrected chi connectivity index (χ2v) is 5.68. The van der Waals surface area contributed by atoms with Gasteiger partial charge in [0.25, 0.3) is 0 Å². The van der Waals surface area contributed by atoms with Crippen LogP contribution in [0.5, 0.6) is 0 Å². The van der Waals surface area contributed by atoms with Gasteiger partial charge in [0, 0.05) is 6.04 Å². The SMILES string of the molecule is CCCC(O)(c1ccccc1)C1CC(C)CCN1. The molecule has 2 nitrogen and oxygen atoms in total. The predicted octanol–water partition coefficient (Wildman–Crippen LogP) is 3.06. The third-order valence-electron chi connectivity index (χ3n) is 4.15. The van der Waals surface area contributed by atoms with E-state index in [1.807, 2.05) is 18.2 Å². The molecule has 2 N–H and O–H groups in total. The lowest BCUT2D eigenvalue weighted by Gasteiger charge is -2.41. The Morgan fingerprint density at radius 2 is 2.06 bits per heavy atom. The van der Waals surface area contributed by atoms with E-state index in [-0.39, 0.29) is 6.04 Å². The van der Waals surface area contributed by atoms with E-state index in [0.29, 0.717) is 5.92 Å². The van der Waals surface area contributed by atoms with E-state index in [4.69, 9.17) is 0 Å². The molecule has 0 aromatic heterocycles. The van der Waals surface area contributed by atoms with Crippen LogP contribution in [0, 0.1) is 5.92 Å². The normalized spacial score (nSPS) is 27.7. The fourth-order valence-electron chi connectivity index (χ4n) is 3.10. The molecule has 18 heavy (non-hydrogen) atoms. The topological polar surface area (TPSA) is 32.3 Å². The summed E-state index contributed by atoms with van der Waals surface area (Å²) in [4.78, 5) is 0. The first kappa shape index (κ1) is 13.6. The summed E-state index contributed by atoms with van der Waals surface area (Å²) >= 11 is 0. The molecule has 2 heteroatoms. The zero-order valence-corrected chi connectivity index (χ0v) is 11.5. The molecule has 1 aliphatic heterocycles. The van der Waals surface area contributed by atoms with Crippen molar-refractivity contribution in [2.75, 3.05) is 6.54 Å². The zero-order chi connectivity index (χ0) is 13.0. The zero-order valence-electron chi connectivity index (χ0n) is 11.5. The molecule has 1 aromatic rings. The van der Waals surface area contributed by atoms with Crippen molar-refractivity contribution >= 4 is 0 Å². The monoisotopic (exact) mass is 247 g/mol. The molecular formula is C16H25NO. The quantitative estimate of drug-likeness (QED) is 0.857. The molecule has 2 rings (SSSR count). The van der Waals surface area contributed by atoms with Crippen molar-refractivity contribution in [1.82, 2.24) is 5.32 Å². The highest BCUT2D eigenvalue weighted by atomic mass is 16.3. The van der Waals surface area contributed by atoms with Gasteiger partial charge in [0.1, 0.15) is 5.60 Å². The van der Waals surface area contributed by atoms with Gasteiger partial charge in [-0.05, 0) is 37.3 Å². The largest absolute Gasteiger partial charge is 0.384 e. The number of aliphatic hydroxyl groups is 1. The minimum Gasteiger partial charge on any atom is -0.384 e. The van der Waals surface area contributed by atoms with Crippen LogP contribution >= 0.6 is 0 Å². The lowest BCUT2D eigenvalue weighted by Crippen LogP contribution is -2.52. The summed E-state index contributed by atoms with van der Waals surface area (Å²) in [6.45, 7) is 5.44. The smallest absolute Gasteiger partial charge is 0.105 e. The molecule has 0 spiro atoms. The Bertz CT molecular complexity index is 365. The lowest BCUT2D eigenvalue weighted by atomic mass is 9.77. The van der Waals surface area contributed by atoms with Crippen LogP contribution in [0.2, 0.25) is 0 Å². The lowest BCUT2D eigenvalue weighted by molar-refractivity contribution is -0.0267. The van der Waals surface area contributed by atoms with E-state index in [2.05, 4.69) is 31.3 Å². The van der Waals surface area contributed by atoms with Crippen LogP contribution in [-0.2, 0) is 5.60 Å². The Morgan fingerprint density at radius 3 is 2.67 bits per heavy atom. The van der Waals surface area contributed by atoms with Gasteiger partial charge in [0.05, 0.1) is 0 Å². The first-order chi connectivity index (χ1) is 8.66. The van der Waals surface area contributed by atoms with Gasteiger partial charge in [-0.15, -0.1) is 0 Å². The molecule has 1 aliphatic rings. The molecule has 0 bridgehead atoms. The van der Waals surface area contributed by atoms with Gasteiger partial charge in [0.15, 0.2) is 0 Å². The first-order valence-electron chi connectivity index (χ1n) is 7.18. The summed E-state index contributed by atoms with van der Waals surface area (Å²) in [6.07, 6.45) is 4.10. The highest BCUT2D eigenvalue weighted by Gasteiger charge is 2.39. The van der Waals surface area contributed by atoms with E-state index < -0.39 is 5.60 Å². The number of nitrogens with one attached hydrogen (secondary N) is 1. The van der Waals surface area contributed by atoms with Gasteiger partial charge >= 0.3 is 0 Å². The summed E-state index contributed by atoms with van der Waals surface area (Å²) < 4.78 is 0. The van der Waals surface area contributed by atoms with Gasteiger partial charge in [-0.1, -0.05) is 50.6 Å². The van der Waals surface area contributed by atoms with Crippen molar-refractivity contribution in [2.24, 2.45) is 5.92 Å². The summed E-state index contributed by atoms with van der Waals surface area (Å²) in [6, 6.07) is 10.3. The van der Waals surface area contributed by atoms with Crippen LogP contribution < -0.4 is 5.32 Å². The van der Waals surface area contributed by atoms with Crippen molar-refractivity contribution in [3.05, 3.63) is 35.9 Å². The molecule has 0 aliphatic carbocycles.